The Bertz CT molecular complexity index is 805. The minimum atomic E-state index is -0.215. The quantitative estimate of drug-likeness (QED) is 0.793. The van der Waals surface area contributed by atoms with Gasteiger partial charge in [-0.15, -0.1) is 0 Å². The van der Waals surface area contributed by atoms with E-state index in [0.717, 1.165) is 28.7 Å². The topological polar surface area (TPSA) is 42.3 Å². The summed E-state index contributed by atoms with van der Waals surface area (Å²) in [5.41, 5.74) is 3.09. The molecule has 0 bridgehead atoms. The van der Waals surface area contributed by atoms with Crippen LogP contribution in [0, 0.1) is 6.92 Å². The maximum atomic E-state index is 12.4. The van der Waals surface area contributed by atoms with Gasteiger partial charge in [-0.05, 0) is 62.4 Å². The number of hydrogen-bond acceptors (Lipinski definition) is 3. The summed E-state index contributed by atoms with van der Waals surface area (Å²) in [6.07, 6.45) is 3.75. The molecule has 0 atom stereocenters. The van der Waals surface area contributed by atoms with Crippen molar-refractivity contribution in [3.63, 3.8) is 0 Å². The molecule has 5 heteroatoms. The second kappa shape index (κ2) is 6.08. The normalized spacial score (nSPS) is 16.9. The molecular weight excluding hydrogens is 308 g/mol. The van der Waals surface area contributed by atoms with Crippen LogP contribution in [0.3, 0.4) is 0 Å². The Morgan fingerprint density at radius 2 is 1.83 bits per heavy atom. The first-order valence-electron chi connectivity index (χ1n) is 7.49. The predicted octanol–water partition coefficient (Wildman–Crippen LogP) is 4.23. The van der Waals surface area contributed by atoms with Crippen LogP contribution in [0.25, 0.3) is 11.8 Å². The molecule has 4 nitrogen and oxygen atoms in total. The van der Waals surface area contributed by atoms with Crippen LogP contribution in [0.15, 0.2) is 47.5 Å². The molecule has 3 rings (SSSR count). The van der Waals surface area contributed by atoms with Crippen molar-refractivity contribution in [2.45, 2.75) is 26.8 Å². The molecule has 1 aromatic heterocycles. The molecule has 0 saturated carbocycles. The molecule has 118 valence electrons. The summed E-state index contributed by atoms with van der Waals surface area (Å²) in [5.74, 6) is -0.215. The molecule has 2 heterocycles. The van der Waals surface area contributed by atoms with E-state index in [1.807, 2.05) is 67.9 Å². The van der Waals surface area contributed by atoms with Crippen molar-refractivity contribution in [3.8, 4) is 5.69 Å². The predicted molar refractivity (Wildman–Crippen MR) is 93.5 cm³/mol. The van der Waals surface area contributed by atoms with E-state index >= 15 is 0 Å². The molecule has 1 aliphatic heterocycles. The summed E-state index contributed by atoms with van der Waals surface area (Å²) in [7, 11) is 0. The Balaban J connectivity index is 2.00. The lowest BCUT2D eigenvalue weighted by Gasteiger charge is -2.16. The number of thioether (sulfide) groups is 1. The summed E-state index contributed by atoms with van der Waals surface area (Å²) in [6.45, 7) is 5.73. The van der Waals surface area contributed by atoms with Gasteiger partial charge < -0.3 is 4.57 Å². The summed E-state index contributed by atoms with van der Waals surface area (Å²) in [5, 5.41) is -0.203. The number of aromatic nitrogens is 1. The molecule has 1 fully saturated rings. The van der Waals surface area contributed by atoms with E-state index in [0.29, 0.717) is 4.91 Å². The van der Waals surface area contributed by atoms with Crippen LogP contribution in [0.2, 0.25) is 0 Å². The number of hydrogen-bond donors (Lipinski definition) is 0. The molecule has 23 heavy (non-hydrogen) atoms. The minimum Gasteiger partial charge on any atom is -0.317 e. The van der Waals surface area contributed by atoms with Crippen LogP contribution in [0.4, 0.5) is 4.79 Å². The van der Waals surface area contributed by atoms with E-state index in [1.165, 1.54) is 4.90 Å². The average molecular weight is 326 g/mol. The summed E-state index contributed by atoms with van der Waals surface area (Å²) in [6, 6.07) is 11.8. The second-order valence-electron chi connectivity index (χ2n) is 5.74. The number of para-hydroxylation sites is 1. The van der Waals surface area contributed by atoms with Gasteiger partial charge in [-0.1, -0.05) is 18.2 Å². The van der Waals surface area contributed by atoms with Crippen LogP contribution in [0.1, 0.15) is 25.1 Å². The highest BCUT2D eigenvalue weighted by Gasteiger charge is 2.36. The van der Waals surface area contributed by atoms with Crippen LogP contribution >= 0.6 is 11.8 Å². The van der Waals surface area contributed by atoms with Gasteiger partial charge in [-0.3, -0.25) is 14.5 Å². The Hall–Kier alpha value is -2.27. The van der Waals surface area contributed by atoms with Gasteiger partial charge in [0.1, 0.15) is 0 Å². The highest BCUT2D eigenvalue weighted by atomic mass is 32.2. The number of amides is 2. The molecule has 2 amide bonds. The van der Waals surface area contributed by atoms with Crippen molar-refractivity contribution in [2.75, 3.05) is 0 Å². The van der Waals surface area contributed by atoms with Crippen molar-refractivity contribution < 1.29 is 9.59 Å². The largest absolute Gasteiger partial charge is 0.317 e. The van der Waals surface area contributed by atoms with Crippen molar-refractivity contribution in [3.05, 3.63) is 58.8 Å². The zero-order chi connectivity index (χ0) is 16.6. The summed E-state index contributed by atoms with van der Waals surface area (Å²) in [4.78, 5) is 26.2. The van der Waals surface area contributed by atoms with Crippen molar-refractivity contribution in [1.29, 1.82) is 0 Å². The number of aryl methyl sites for hydroxylation is 1. The van der Waals surface area contributed by atoms with Crippen molar-refractivity contribution in [1.82, 2.24) is 9.47 Å². The first-order valence-corrected chi connectivity index (χ1v) is 8.31. The molecule has 0 N–H and O–H groups in total. The molecule has 0 aliphatic carbocycles. The number of nitrogens with zero attached hydrogens (tertiary/aromatic N) is 2. The van der Waals surface area contributed by atoms with E-state index in [1.54, 1.807) is 6.08 Å². The third-order valence-electron chi connectivity index (χ3n) is 3.77. The monoisotopic (exact) mass is 326 g/mol. The van der Waals surface area contributed by atoms with E-state index in [-0.39, 0.29) is 17.2 Å². The molecule has 1 saturated heterocycles. The smallest absolute Gasteiger partial charge is 0.293 e. The van der Waals surface area contributed by atoms with E-state index < -0.39 is 0 Å². The van der Waals surface area contributed by atoms with Gasteiger partial charge in [0.05, 0.1) is 4.91 Å². The molecular formula is C18H18N2O2S. The molecule has 1 aromatic carbocycles. The Labute approximate surface area is 139 Å². The number of carbonyl (C=O) groups excluding carboxylic acids is 2. The minimum absolute atomic E-state index is 0.128. The fourth-order valence-electron chi connectivity index (χ4n) is 2.62. The average Bonchev–Trinajstić information content (AvgIpc) is 3.05. The zero-order valence-corrected chi connectivity index (χ0v) is 14.1. The second-order valence-corrected chi connectivity index (χ2v) is 6.73. The maximum absolute atomic E-state index is 12.4. The highest BCUT2D eigenvalue weighted by Crippen LogP contribution is 2.34. The number of imide groups is 1. The molecule has 0 unspecified atom stereocenters. The lowest BCUT2D eigenvalue weighted by molar-refractivity contribution is -0.123. The van der Waals surface area contributed by atoms with Gasteiger partial charge in [0.15, 0.2) is 0 Å². The Morgan fingerprint density at radius 3 is 2.48 bits per heavy atom. The third kappa shape index (κ3) is 2.84. The third-order valence-corrected chi connectivity index (χ3v) is 4.66. The number of rotatable bonds is 3. The van der Waals surface area contributed by atoms with Crippen LogP contribution < -0.4 is 0 Å². The lowest BCUT2D eigenvalue weighted by Crippen LogP contribution is -2.34. The summed E-state index contributed by atoms with van der Waals surface area (Å²) < 4.78 is 2.03. The maximum Gasteiger partial charge on any atom is 0.293 e. The SMILES string of the molecule is Cc1ccccc1-n1cccc1/C=C1\SC(=O)N(C(C)C)C1=O. The van der Waals surface area contributed by atoms with Crippen LogP contribution in [-0.4, -0.2) is 26.7 Å². The number of carbonyl (C=O) groups is 2. The molecule has 1 aliphatic rings. The van der Waals surface area contributed by atoms with Crippen LogP contribution in [0.5, 0.6) is 0 Å². The first-order chi connectivity index (χ1) is 11.0. The van der Waals surface area contributed by atoms with Gasteiger partial charge in [0.25, 0.3) is 11.1 Å². The first kappa shape index (κ1) is 15.6. The zero-order valence-electron chi connectivity index (χ0n) is 13.3. The molecule has 2 aromatic rings. The van der Waals surface area contributed by atoms with Gasteiger partial charge in [0, 0.05) is 23.6 Å². The van der Waals surface area contributed by atoms with Gasteiger partial charge >= 0.3 is 0 Å². The van der Waals surface area contributed by atoms with E-state index in [2.05, 4.69) is 0 Å². The van der Waals surface area contributed by atoms with Crippen molar-refractivity contribution in [2.24, 2.45) is 0 Å². The van der Waals surface area contributed by atoms with Gasteiger partial charge in [-0.2, -0.15) is 0 Å². The van der Waals surface area contributed by atoms with Crippen molar-refractivity contribution >= 4 is 29.0 Å². The van der Waals surface area contributed by atoms with E-state index in [9.17, 15) is 9.59 Å². The van der Waals surface area contributed by atoms with Gasteiger partial charge in [-0.25, -0.2) is 0 Å². The fraction of sp³-hybridized carbons (Fsp3) is 0.222. The lowest BCUT2D eigenvalue weighted by atomic mass is 10.2. The summed E-state index contributed by atoms with van der Waals surface area (Å²) >= 11 is 1.00. The molecule has 0 spiro atoms. The van der Waals surface area contributed by atoms with Crippen LogP contribution in [-0.2, 0) is 4.79 Å². The fourth-order valence-corrected chi connectivity index (χ4v) is 3.57. The van der Waals surface area contributed by atoms with Gasteiger partial charge in [0.2, 0.25) is 0 Å². The Kier molecular flexibility index (Phi) is 4.13. The highest BCUT2D eigenvalue weighted by molar-refractivity contribution is 8.18. The number of benzene rings is 1. The standard InChI is InChI=1S/C18H18N2O2S/c1-12(2)20-17(21)16(23-18(20)22)11-14-8-6-10-19(14)15-9-5-4-7-13(15)3/h4-12H,1-3H3/b16-11-. The Morgan fingerprint density at radius 1 is 1.09 bits per heavy atom. The molecule has 0 radical (unpaired) electrons. The van der Waals surface area contributed by atoms with E-state index in [4.69, 9.17) is 0 Å².